The SMILES string of the molecule is CNC(=O)C1CCCN(c2c(C)c(Cl)nc3ncnn23)C1. The summed E-state index contributed by atoms with van der Waals surface area (Å²) in [4.78, 5) is 22.4. The zero-order valence-corrected chi connectivity index (χ0v) is 12.8. The molecule has 21 heavy (non-hydrogen) atoms. The first kappa shape index (κ1) is 14.1. The lowest BCUT2D eigenvalue weighted by Crippen LogP contribution is -2.43. The number of fused-ring (bicyclic) bond motifs is 1. The van der Waals surface area contributed by atoms with Crippen LogP contribution in [0, 0.1) is 12.8 Å². The first-order valence-electron chi connectivity index (χ1n) is 6.94. The van der Waals surface area contributed by atoms with E-state index in [0.29, 0.717) is 17.5 Å². The topological polar surface area (TPSA) is 75.4 Å². The van der Waals surface area contributed by atoms with Gasteiger partial charge in [0.2, 0.25) is 5.91 Å². The molecule has 1 unspecified atom stereocenters. The van der Waals surface area contributed by atoms with Crippen molar-refractivity contribution in [3.63, 3.8) is 0 Å². The van der Waals surface area contributed by atoms with Gasteiger partial charge in [-0.15, -0.1) is 0 Å². The molecule has 0 aromatic carbocycles. The summed E-state index contributed by atoms with van der Waals surface area (Å²) >= 11 is 6.20. The van der Waals surface area contributed by atoms with Crippen LogP contribution in [0.3, 0.4) is 0 Å². The number of nitrogens with one attached hydrogen (secondary N) is 1. The molecule has 7 nitrogen and oxygen atoms in total. The lowest BCUT2D eigenvalue weighted by atomic mass is 9.97. The second kappa shape index (κ2) is 5.48. The third-order valence-corrected chi connectivity index (χ3v) is 4.28. The number of halogens is 1. The summed E-state index contributed by atoms with van der Waals surface area (Å²) < 4.78 is 1.69. The van der Waals surface area contributed by atoms with Crippen LogP contribution in [0.15, 0.2) is 6.33 Å². The summed E-state index contributed by atoms with van der Waals surface area (Å²) in [5.74, 6) is 1.40. The van der Waals surface area contributed by atoms with Gasteiger partial charge in [0.1, 0.15) is 17.3 Å². The molecule has 1 N–H and O–H groups in total. The molecular formula is C13H17ClN6O. The van der Waals surface area contributed by atoms with Crippen molar-refractivity contribution < 1.29 is 4.79 Å². The Morgan fingerprint density at radius 2 is 2.33 bits per heavy atom. The normalized spacial score (nSPS) is 19.0. The number of carbonyl (C=O) groups is 1. The van der Waals surface area contributed by atoms with Gasteiger partial charge in [0.15, 0.2) is 0 Å². The number of amides is 1. The van der Waals surface area contributed by atoms with Gasteiger partial charge in [-0.2, -0.15) is 19.6 Å². The Bertz CT molecular complexity index is 685. The highest BCUT2D eigenvalue weighted by molar-refractivity contribution is 6.30. The first-order chi connectivity index (χ1) is 10.1. The smallest absolute Gasteiger partial charge is 0.255 e. The molecule has 2 aromatic heterocycles. The monoisotopic (exact) mass is 308 g/mol. The van der Waals surface area contributed by atoms with Gasteiger partial charge < -0.3 is 10.2 Å². The first-order valence-corrected chi connectivity index (χ1v) is 7.32. The van der Waals surface area contributed by atoms with Crippen molar-refractivity contribution in [3.05, 3.63) is 17.0 Å². The molecule has 1 aliphatic heterocycles. The van der Waals surface area contributed by atoms with Crippen LogP contribution in [0.25, 0.3) is 5.78 Å². The van der Waals surface area contributed by atoms with Gasteiger partial charge in [0.25, 0.3) is 5.78 Å². The molecule has 3 rings (SSSR count). The quantitative estimate of drug-likeness (QED) is 0.839. The molecule has 1 aliphatic rings. The Morgan fingerprint density at radius 1 is 1.52 bits per heavy atom. The van der Waals surface area contributed by atoms with E-state index in [2.05, 4.69) is 25.3 Å². The van der Waals surface area contributed by atoms with Crippen LogP contribution in [0.5, 0.6) is 0 Å². The van der Waals surface area contributed by atoms with Crippen molar-refractivity contribution in [1.29, 1.82) is 0 Å². The van der Waals surface area contributed by atoms with Crippen molar-refractivity contribution in [2.75, 3.05) is 25.0 Å². The fraction of sp³-hybridized carbons (Fsp3) is 0.538. The van der Waals surface area contributed by atoms with Gasteiger partial charge in [-0.25, -0.2) is 0 Å². The second-order valence-electron chi connectivity index (χ2n) is 5.22. The van der Waals surface area contributed by atoms with E-state index in [1.807, 2.05) is 6.92 Å². The summed E-state index contributed by atoms with van der Waals surface area (Å²) in [7, 11) is 1.67. The lowest BCUT2D eigenvalue weighted by Gasteiger charge is -2.34. The van der Waals surface area contributed by atoms with Crippen LogP contribution < -0.4 is 10.2 Å². The number of anilines is 1. The number of hydrogen-bond donors (Lipinski definition) is 1. The molecule has 0 radical (unpaired) electrons. The minimum Gasteiger partial charge on any atom is -0.359 e. The van der Waals surface area contributed by atoms with Crippen molar-refractivity contribution >= 4 is 29.1 Å². The van der Waals surface area contributed by atoms with Crippen LogP contribution in [0.1, 0.15) is 18.4 Å². The van der Waals surface area contributed by atoms with Crippen LogP contribution in [0.2, 0.25) is 5.15 Å². The minimum absolute atomic E-state index is 0.0198. The van der Waals surface area contributed by atoms with E-state index >= 15 is 0 Å². The average molecular weight is 309 g/mol. The maximum absolute atomic E-state index is 11.9. The van der Waals surface area contributed by atoms with Gasteiger partial charge in [-0.1, -0.05) is 11.6 Å². The van der Waals surface area contributed by atoms with Crippen molar-refractivity contribution in [2.45, 2.75) is 19.8 Å². The number of carbonyl (C=O) groups excluding carboxylic acids is 1. The van der Waals surface area contributed by atoms with E-state index < -0.39 is 0 Å². The Morgan fingerprint density at radius 3 is 3.10 bits per heavy atom. The zero-order valence-electron chi connectivity index (χ0n) is 12.0. The summed E-state index contributed by atoms with van der Waals surface area (Å²) in [5, 5.41) is 7.38. The van der Waals surface area contributed by atoms with Gasteiger partial charge in [0, 0.05) is 25.7 Å². The van der Waals surface area contributed by atoms with E-state index in [-0.39, 0.29) is 11.8 Å². The van der Waals surface area contributed by atoms with Crippen LogP contribution in [0.4, 0.5) is 5.82 Å². The highest BCUT2D eigenvalue weighted by atomic mass is 35.5. The molecule has 0 bridgehead atoms. The third-order valence-electron chi connectivity index (χ3n) is 3.91. The molecule has 0 spiro atoms. The van der Waals surface area contributed by atoms with Crippen LogP contribution in [-0.4, -0.2) is 45.6 Å². The van der Waals surface area contributed by atoms with E-state index in [1.165, 1.54) is 6.33 Å². The molecule has 1 atom stereocenters. The lowest BCUT2D eigenvalue weighted by molar-refractivity contribution is -0.124. The number of hydrogen-bond acceptors (Lipinski definition) is 5. The maximum Gasteiger partial charge on any atom is 0.255 e. The van der Waals surface area contributed by atoms with Gasteiger partial charge in [0.05, 0.1) is 5.92 Å². The predicted octanol–water partition coefficient (Wildman–Crippen LogP) is 1.05. The highest BCUT2D eigenvalue weighted by Gasteiger charge is 2.28. The molecule has 3 heterocycles. The molecular weight excluding hydrogens is 292 g/mol. The third kappa shape index (κ3) is 2.42. The average Bonchev–Trinajstić information content (AvgIpc) is 2.95. The number of piperidine rings is 1. The molecule has 0 saturated carbocycles. The number of rotatable bonds is 2. The molecule has 0 aliphatic carbocycles. The van der Waals surface area contributed by atoms with E-state index in [0.717, 1.165) is 30.8 Å². The molecule has 1 saturated heterocycles. The zero-order chi connectivity index (χ0) is 15.0. The van der Waals surface area contributed by atoms with Gasteiger partial charge in [-0.05, 0) is 19.8 Å². The van der Waals surface area contributed by atoms with Crippen LogP contribution in [-0.2, 0) is 4.79 Å². The summed E-state index contributed by atoms with van der Waals surface area (Å²) in [5.41, 5.74) is 0.854. The molecule has 112 valence electrons. The van der Waals surface area contributed by atoms with Crippen molar-refractivity contribution in [1.82, 2.24) is 24.9 Å². The Balaban J connectivity index is 2.01. The molecule has 1 amide bonds. The minimum atomic E-state index is -0.0198. The van der Waals surface area contributed by atoms with E-state index in [1.54, 1.807) is 11.6 Å². The molecule has 8 heteroatoms. The van der Waals surface area contributed by atoms with Crippen molar-refractivity contribution in [2.24, 2.45) is 5.92 Å². The molecule has 1 fully saturated rings. The maximum atomic E-state index is 11.9. The van der Waals surface area contributed by atoms with Gasteiger partial charge in [-0.3, -0.25) is 4.79 Å². The number of aromatic nitrogens is 4. The van der Waals surface area contributed by atoms with Crippen molar-refractivity contribution in [3.8, 4) is 0 Å². The Hall–Kier alpha value is -1.89. The van der Waals surface area contributed by atoms with E-state index in [4.69, 9.17) is 11.6 Å². The Kier molecular flexibility index (Phi) is 3.67. The second-order valence-corrected chi connectivity index (χ2v) is 5.58. The summed E-state index contributed by atoms with van der Waals surface area (Å²) in [6, 6.07) is 0. The predicted molar refractivity (Wildman–Crippen MR) is 79.5 cm³/mol. The fourth-order valence-electron chi connectivity index (χ4n) is 2.84. The Labute approximate surface area is 127 Å². The standard InChI is InChI=1S/C13H17ClN6O/c1-8-10(14)18-13-16-7-17-20(13)12(8)19-5-3-4-9(6-19)11(21)15-2/h7,9H,3-6H2,1-2H3,(H,15,21). The fourth-order valence-corrected chi connectivity index (χ4v) is 3.00. The molecule has 2 aromatic rings. The number of nitrogens with zero attached hydrogens (tertiary/aromatic N) is 5. The van der Waals surface area contributed by atoms with Crippen LogP contribution >= 0.6 is 11.6 Å². The highest BCUT2D eigenvalue weighted by Crippen LogP contribution is 2.29. The summed E-state index contributed by atoms with van der Waals surface area (Å²) in [6.45, 7) is 3.43. The van der Waals surface area contributed by atoms with E-state index in [9.17, 15) is 4.79 Å². The summed E-state index contributed by atoms with van der Waals surface area (Å²) in [6.07, 6.45) is 3.31. The van der Waals surface area contributed by atoms with Gasteiger partial charge >= 0.3 is 0 Å². The largest absolute Gasteiger partial charge is 0.359 e.